The minimum Gasteiger partial charge on any atom is -0.508 e. The molecule has 2 aliphatic heterocycles. The van der Waals surface area contributed by atoms with Crippen LogP contribution in [0.25, 0.3) is 0 Å². The van der Waals surface area contributed by atoms with E-state index in [1.165, 1.54) is 79.8 Å². The average molecular weight is 483 g/mol. The second-order valence-electron chi connectivity index (χ2n) is 10.7. The van der Waals surface area contributed by atoms with E-state index in [4.69, 9.17) is 0 Å². The molecule has 0 saturated carbocycles. The molecule has 2 unspecified atom stereocenters. The van der Waals surface area contributed by atoms with Crippen molar-refractivity contribution in [3.63, 3.8) is 0 Å². The molecular weight excluding hydrogens is 440 g/mol. The lowest BCUT2D eigenvalue weighted by atomic mass is 9.69. The highest BCUT2D eigenvalue weighted by Gasteiger charge is 2.36. The lowest BCUT2D eigenvalue weighted by Gasteiger charge is -2.45. The fraction of sp³-hybridized carbons (Fsp3) is 0.455. The van der Waals surface area contributed by atoms with Crippen LogP contribution in [-0.4, -0.2) is 31.3 Å². The van der Waals surface area contributed by atoms with Crippen LogP contribution in [0.2, 0.25) is 0 Å². The molecule has 0 radical (unpaired) electrons. The van der Waals surface area contributed by atoms with Crippen LogP contribution in [0.4, 0.5) is 5.69 Å². The summed E-state index contributed by atoms with van der Waals surface area (Å²) in [6, 6.07) is 26.4. The number of anilines is 1. The zero-order valence-electron chi connectivity index (χ0n) is 22.0. The van der Waals surface area contributed by atoms with Gasteiger partial charge in [0.25, 0.3) is 0 Å². The molecule has 2 atom stereocenters. The zero-order chi connectivity index (χ0) is 25.0. The number of nitrogens with one attached hydrogen (secondary N) is 1. The molecule has 0 amide bonds. The molecule has 2 saturated heterocycles. The van der Waals surface area contributed by atoms with Crippen molar-refractivity contribution in [2.75, 3.05) is 31.1 Å². The zero-order valence-corrected chi connectivity index (χ0v) is 22.0. The van der Waals surface area contributed by atoms with E-state index in [-0.39, 0.29) is 0 Å². The number of aryl methyl sites for hydroxylation is 1. The fourth-order valence-electron chi connectivity index (χ4n) is 6.87. The standard InChI is InChI=1S/C31H36N2O.C2H6/c34-27-11-13-29-25(22-27)8-12-28(23-4-2-1-3-5-23)30(29)24-6-9-26(10-7-24)33-20-16-31(17-21-33)14-18-32-19-15-31;1-2/h1-7,9-11,13,22,28,30,32,34H,8,12,14-21H2;1-2H3. The van der Waals surface area contributed by atoms with Gasteiger partial charge in [-0.2, -0.15) is 0 Å². The van der Waals surface area contributed by atoms with Crippen molar-refractivity contribution in [1.29, 1.82) is 0 Å². The molecule has 3 aliphatic rings. The average Bonchev–Trinajstić information content (AvgIpc) is 2.95. The molecule has 0 bridgehead atoms. The Labute approximate surface area is 217 Å². The van der Waals surface area contributed by atoms with E-state index in [9.17, 15) is 5.11 Å². The Morgan fingerprint density at radius 1 is 0.806 bits per heavy atom. The number of hydrogen-bond donors (Lipinski definition) is 2. The van der Waals surface area contributed by atoms with Gasteiger partial charge in [-0.1, -0.05) is 62.4 Å². The van der Waals surface area contributed by atoms with Gasteiger partial charge >= 0.3 is 0 Å². The number of piperidine rings is 2. The van der Waals surface area contributed by atoms with Crippen molar-refractivity contribution in [3.05, 3.63) is 95.1 Å². The highest BCUT2D eigenvalue weighted by molar-refractivity contribution is 5.52. The molecule has 190 valence electrons. The topological polar surface area (TPSA) is 35.5 Å². The van der Waals surface area contributed by atoms with Gasteiger partial charge in [0, 0.05) is 24.7 Å². The van der Waals surface area contributed by atoms with Crippen molar-refractivity contribution in [2.24, 2.45) is 5.41 Å². The van der Waals surface area contributed by atoms with Gasteiger partial charge in [0.05, 0.1) is 0 Å². The Balaban J connectivity index is 0.00000130. The Morgan fingerprint density at radius 3 is 2.19 bits per heavy atom. The molecule has 1 spiro atoms. The van der Waals surface area contributed by atoms with Gasteiger partial charge in [0.1, 0.15) is 5.75 Å². The first kappa shape index (κ1) is 24.9. The number of phenolic OH excluding ortho intramolecular Hbond substituents is 1. The summed E-state index contributed by atoms with van der Waals surface area (Å²) in [7, 11) is 0. The van der Waals surface area contributed by atoms with Crippen LogP contribution in [0.1, 0.15) is 80.0 Å². The smallest absolute Gasteiger partial charge is 0.115 e. The number of benzene rings is 3. The summed E-state index contributed by atoms with van der Waals surface area (Å²) >= 11 is 0. The van der Waals surface area contributed by atoms with E-state index in [2.05, 4.69) is 70.9 Å². The third kappa shape index (κ3) is 5.04. The van der Waals surface area contributed by atoms with Crippen molar-refractivity contribution >= 4 is 5.69 Å². The molecule has 1 aliphatic carbocycles. The lowest BCUT2D eigenvalue weighted by Crippen LogP contribution is -2.45. The third-order valence-corrected chi connectivity index (χ3v) is 8.92. The van der Waals surface area contributed by atoms with Crippen molar-refractivity contribution in [3.8, 4) is 5.75 Å². The molecule has 0 aromatic heterocycles. The number of fused-ring (bicyclic) bond motifs is 1. The molecule has 3 aromatic rings. The maximum atomic E-state index is 10.1. The van der Waals surface area contributed by atoms with Crippen LogP contribution < -0.4 is 10.2 Å². The van der Waals surface area contributed by atoms with Gasteiger partial charge < -0.3 is 15.3 Å². The molecule has 6 rings (SSSR count). The number of rotatable bonds is 3. The molecule has 2 fully saturated rings. The quantitative estimate of drug-likeness (QED) is 0.413. The number of hydrogen-bond acceptors (Lipinski definition) is 3. The maximum Gasteiger partial charge on any atom is 0.115 e. The monoisotopic (exact) mass is 482 g/mol. The van der Waals surface area contributed by atoms with E-state index < -0.39 is 0 Å². The van der Waals surface area contributed by atoms with Crippen LogP contribution in [0.3, 0.4) is 0 Å². The normalized spacial score (nSPS) is 22.9. The van der Waals surface area contributed by atoms with Crippen LogP contribution in [0.15, 0.2) is 72.8 Å². The Bertz CT molecular complexity index is 1110. The summed E-state index contributed by atoms with van der Waals surface area (Å²) < 4.78 is 0. The number of phenols is 1. The van der Waals surface area contributed by atoms with Gasteiger partial charge in [0.2, 0.25) is 0 Å². The van der Waals surface area contributed by atoms with Gasteiger partial charge in [-0.25, -0.2) is 0 Å². The molecule has 36 heavy (non-hydrogen) atoms. The molecule has 3 heteroatoms. The summed E-state index contributed by atoms with van der Waals surface area (Å²) in [6.07, 6.45) is 7.46. The van der Waals surface area contributed by atoms with Crippen LogP contribution in [0.5, 0.6) is 5.75 Å². The Morgan fingerprint density at radius 2 is 1.50 bits per heavy atom. The van der Waals surface area contributed by atoms with Crippen molar-refractivity contribution < 1.29 is 5.11 Å². The van der Waals surface area contributed by atoms with E-state index in [1.54, 1.807) is 0 Å². The second kappa shape index (κ2) is 11.1. The van der Waals surface area contributed by atoms with Gasteiger partial charge in [-0.3, -0.25) is 0 Å². The first-order chi connectivity index (χ1) is 17.7. The van der Waals surface area contributed by atoms with Crippen LogP contribution in [0, 0.1) is 5.41 Å². The first-order valence-corrected chi connectivity index (χ1v) is 14.1. The highest BCUT2D eigenvalue weighted by Crippen LogP contribution is 2.47. The SMILES string of the molecule is CC.Oc1ccc2c(c1)CCC(c1ccccc1)C2c1ccc(N2CCC3(CCNCC3)CC2)cc1. The van der Waals surface area contributed by atoms with E-state index >= 15 is 0 Å². The largest absolute Gasteiger partial charge is 0.508 e. The molecule has 2 N–H and O–H groups in total. The molecule has 3 aromatic carbocycles. The summed E-state index contributed by atoms with van der Waals surface area (Å²) in [5.41, 5.74) is 7.42. The van der Waals surface area contributed by atoms with Gasteiger partial charge in [-0.15, -0.1) is 0 Å². The second-order valence-corrected chi connectivity index (χ2v) is 10.7. The minimum atomic E-state index is 0.320. The molecule has 3 nitrogen and oxygen atoms in total. The highest BCUT2D eigenvalue weighted by atomic mass is 16.3. The van der Waals surface area contributed by atoms with E-state index in [0.29, 0.717) is 23.0 Å². The number of aromatic hydroxyl groups is 1. The maximum absolute atomic E-state index is 10.1. The Hall–Kier alpha value is -2.78. The fourth-order valence-corrected chi connectivity index (χ4v) is 6.87. The molecule has 2 heterocycles. The summed E-state index contributed by atoms with van der Waals surface area (Å²) in [5, 5.41) is 13.6. The van der Waals surface area contributed by atoms with E-state index in [0.717, 1.165) is 12.8 Å². The van der Waals surface area contributed by atoms with Gasteiger partial charge in [-0.05, 0) is 109 Å². The minimum absolute atomic E-state index is 0.320. The summed E-state index contributed by atoms with van der Waals surface area (Å²) in [4.78, 5) is 2.60. The molecular formula is C33H42N2O. The predicted molar refractivity (Wildman–Crippen MR) is 151 cm³/mol. The number of nitrogens with zero attached hydrogens (tertiary/aromatic N) is 1. The summed E-state index contributed by atoms with van der Waals surface area (Å²) in [5.74, 6) is 1.15. The van der Waals surface area contributed by atoms with Crippen molar-refractivity contribution in [1.82, 2.24) is 5.32 Å². The Kier molecular flexibility index (Phi) is 7.67. The van der Waals surface area contributed by atoms with Crippen LogP contribution >= 0.6 is 0 Å². The third-order valence-electron chi connectivity index (χ3n) is 8.92. The lowest BCUT2D eigenvalue weighted by molar-refractivity contribution is 0.155. The summed E-state index contributed by atoms with van der Waals surface area (Å²) in [6.45, 7) is 8.74. The van der Waals surface area contributed by atoms with E-state index in [1.807, 2.05) is 26.0 Å². The van der Waals surface area contributed by atoms with Crippen molar-refractivity contribution in [2.45, 2.75) is 64.2 Å². The first-order valence-electron chi connectivity index (χ1n) is 14.1. The van der Waals surface area contributed by atoms with Crippen LogP contribution in [-0.2, 0) is 6.42 Å². The van der Waals surface area contributed by atoms with Gasteiger partial charge in [0.15, 0.2) is 0 Å². The predicted octanol–water partition coefficient (Wildman–Crippen LogP) is 7.25.